The first-order valence-corrected chi connectivity index (χ1v) is 34.6. The highest BCUT2D eigenvalue weighted by atomic mass is 35.5. The van der Waals surface area contributed by atoms with Gasteiger partial charge < -0.3 is 22.6 Å². The lowest BCUT2D eigenvalue weighted by Gasteiger charge is -2.32. The van der Waals surface area contributed by atoms with E-state index in [-0.39, 0.29) is 11.2 Å². The molecule has 0 amide bonds. The van der Waals surface area contributed by atoms with Crippen LogP contribution in [0.25, 0.3) is 158 Å². The molecule has 0 atom stereocenters. The Morgan fingerprint density at radius 3 is 0.808 bits per heavy atom. The van der Waals surface area contributed by atoms with Crippen LogP contribution in [0.4, 0.5) is 0 Å². The van der Waals surface area contributed by atoms with Gasteiger partial charge in [-0.25, -0.2) is 44.9 Å². The van der Waals surface area contributed by atoms with Crippen molar-refractivity contribution in [3.8, 4) is 125 Å². The minimum atomic E-state index is -0.451. The van der Waals surface area contributed by atoms with E-state index in [4.69, 9.17) is 75.7 Å². The van der Waals surface area contributed by atoms with Crippen molar-refractivity contribution in [2.75, 3.05) is 0 Å². The first-order valence-electron chi connectivity index (χ1n) is 33.9. The monoisotopic (exact) mass is 1390 g/mol. The lowest BCUT2D eigenvalue weighted by Crippen LogP contribution is -2.41. The van der Waals surface area contributed by atoms with Crippen LogP contribution < -0.4 is 5.46 Å². The van der Waals surface area contributed by atoms with Gasteiger partial charge in [0.15, 0.2) is 51.7 Å². The maximum Gasteiger partial charge on any atom is 0.497 e. The van der Waals surface area contributed by atoms with E-state index >= 15 is 0 Å². The molecule has 12 aromatic carbocycles. The van der Waals surface area contributed by atoms with Gasteiger partial charge in [0.1, 0.15) is 16.6 Å². The summed E-state index contributed by atoms with van der Waals surface area (Å²) in [6.07, 6.45) is 0. The summed E-state index contributed by atoms with van der Waals surface area (Å²) in [6, 6.07) is 98.9. The van der Waals surface area contributed by atoms with Crippen LogP contribution in [0.1, 0.15) is 27.7 Å². The Hall–Kier alpha value is -12.4. The van der Waals surface area contributed by atoms with Crippen LogP contribution in [0.5, 0.6) is 0 Å². The molecule has 0 N–H and O–H groups in total. The van der Waals surface area contributed by atoms with Crippen LogP contribution in [0.15, 0.2) is 317 Å². The summed E-state index contributed by atoms with van der Waals surface area (Å²) < 4.78 is 30.6. The van der Waals surface area contributed by atoms with E-state index in [1.807, 2.05) is 295 Å². The zero-order valence-electron chi connectivity index (χ0n) is 56.8. The molecule has 17 aromatic rings. The number of fused-ring (bicyclic) bond motifs is 3. The third-order valence-electron chi connectivity index (χ3n) is 18.3. The van der Waals surface area contributed by atoms with Gasteiger partial charge in [0.2, 0.25) is 17.7 Å². The second-order valence-electron chi connectivity index (χ2n) is 25.8. The molecule has 6 heterocycles. The second-order valence-corrected chi connectivity index (χ2v) is 26.6. The van der Waals surface area contributed by atoms with Crippen LogP contribution in [-0.4, -0.2) is 63.2 Å². The molecule has 17 heteroatoms. The molecule has 502 valence electrons. The molecule has 0 radical (unpaired) electrons. The van der Waals surface area contributed by atoms with Crippen molar-refractivity contribution in [1.29, 1.82) is 0 Å². The van der Waals surface area contributed by atoms with Crippen LogP contribution in [-0.2, 0) is 9.31 Å². The Morgan fingerprint density at radius 2 is 0.490 bits per heavy atom. The van der Waals surface area contributed by atoms with Crippen molar-refractivity contribution >= 4 is 69.1 Å². The van der Waals surface area contributed by atoms with E-state index in [0.717, 1.165) is 111 Å². The summed E-state index contributed by atoms with van der Waals surface area (Å²) in [5.74, 6) is 5.39. The number of oxazole rings is 3. The summed E-state index contributed by atoms with van der Waals surface area (Å²) in [5.41, 5.74) is 17.0. The number of para-hydroxylation sites is 3. The molecule has 0 spiro atoms. The maximum atomic E-state index is 6.17. The van der Waals surface area contributed by atoms with Crippen molar-refractivity contribution in [3.63, 3.8) is 0 Å². The summed E-state index contributed by atoms with van der Waals surface area (Å²) in [5, 5.41) is 1.34. The van der Waals surface area contributed by atoms with E-state index < -0.39 is 7.12 Å². The predicted molar refractivity (Wildman–Crippen MR) is 414 cm³/mol. The Bertz CT molecular complexity index is 5620. The molecule has 0 saturated carbocycles. The van der Waals surface area contributed by atoms with E-state index in [1.54, 1.807) is 0 Å². The van der Waals surface area contributed by atoms with Crippen molar-refractivity contribution in [3.05, 3.63) is 313 Å². The molecule has 1 aliphatic rings. The van der Waals surface area contributed by atoms with Crippen LogP contribution >= 0.6 is 23.2 Å². The fourth-order valence-electron chi connectivity index (χ4n) is 12.1. The molecular formula is C87H62BCl2N9O5. The van der Waals surface area contributed by atoms with Crippen LogP contribution in [0.2, 0.25) is 10.0 Å². The van der Waals surface area contributed by atoms with Gasteiger partial charge in [-0.3, -0.25) is 0 Å². The highest BCUT2D eigenvalue weighted by Gasteiger charge is 2.52. The zero-order valence-corrected chi connectivity index (χ0v) is 58.3. The number of nitrogens with zero attached hydrogens (tertiary/aromatic N) is 9. The van der Waals surface area contributed by atoms with Crippen molar-refractivity contribution in [2.24, 2.45) is 0 Å². The van der Waals surface area contributed by atoms with Crippen molar-refractivity contribution in [1.82, 2.24) is 44.9 Å². The number of benzene rings is 12. The molecule has 0 bridgehead atoms. The molecule has 14 nitrogen and oxygen atoms in total. The Balaban J connectivity index is 0.000000138. The van der Waals surface area contributed by atoms with E-state index in [1.165, 1.54) is 0 Å². The van der Waals surface area contributed by atoms with Crippen LogP contribution in [0, 0.1) is 0 Å². The number of hydrogen-bond donors (Lipinski definition) is 0. The number of halogens is 2. The van der Waals surface area contributed by atoms with E-state index in [2.05, 4.69) is 51.4 Å². The van der Waals surface area contributed by atoms with E-state index in [9.17, 15) is 0 Å². The average molecular weight is 1400 g/mol. The van der Waals surface area contributed by atoms with Gasteiger partial charge in [0, 0.05) is 76.7 Å². The standard InChI is InChI=1S/C47H29N5O2.C21H13Cl2N3.C19H20BNO3/c1-4-12-32(13-5-1)43-50-44(33-26-22-30(23-27-33)37-18-10-20-39-41(37)48-46(53-39)35-14-6-2-7-15-35)52-45(51-43)34-28-24-31(25-29-34)38-19-11-21-40-42(38)49-47(54-40)36-16-8-3-9-17-36;22-17-10-6-15(7-11-17)20-24-19(14-4-2-1-3-5-14)25-21(26-20)16-8-12-18(23)13-9-16;1-18(2)19(3,4)24-20(23-18)14-11-8-12-15-16(14)21-17(22-15)13-9-6-5-7-10-13/h1-29H;1-13H;5-12H,1-4H3. The lowest BCUT2D eigenvalue weighted by atomic mass is 9.78. The van der Waals surface area contributed by atoms with Gasteiger partial charge in [-0.2, -0.15) is 0 Å². The summed E-state index contributed by atoms with van der Waals surface area (Å²) in [6.45, 7) is 8.19. The van der Waals surface area contributed by atoms with E-state index in [0.29, 0.717) is 62.7 Å². The van der Waals surface area contributed by atoms with Crippen LogP contribution in [0.3, 0.4) is 0 Å². The number of hydrogen-bond acceptors (Lipinski definition) is 14. The van der Waals surface area contributed by atoms with Gasteiger partial charge in [0.05, 0.1) is 11.2 Å². The molecule has 1 aliphatic heterocycles. The number of aromatic nitrogens is 9. The highest BCUT2D eigenvalue weighted by molar-refractivity contribution is 6.64. The Kier molecular flexibility index (Phi) is 18.2. The molecular weight excluding hydrogens is 1330 g/mol. The molecule has 1 fully saturated rings. The Labute approximate surface area is 610 Å². The largest absolute Gasteiger partial charge is 0.497 e. The van der Waals surface area contributed by atoms with Gasteiger partial charge in [-0.15, -0.1) is 0 Å². The zero-order chi connectivity index (χ0) is 70.7. The third-order valence-corrected chi connectivity index (χ3v) is 18.8. The minimum Gasteiger partial charge on any atom is -0.436 e. The fraction of sp³-hybridized carbons (Fsp3) is 0.0690. The minimum absolute atomic E-state index is 0.383. The molecule has 18 rings (SSSR count). The smallest absolute Gasteiger partial charge is 0.436 e. The molecule has 1 saturated heterocycles. The summed E-state index contributed by atoms with van der Waals surface area (Å²) in [7, 11) is -0.451. The van der Waals surface area contributed by atoms with Crippen molar-refractivity contribution < 1.29 is 22.6 Å². The quantitative estimate of drug-likeness (QED) is 0.106. The summed E-state index contributed by atoms with van der Waals surface area (Å²) >= 11 is 12.0. The fourth-order valence-corrected chi connectivity index (χ4v) is 12.4. The first kappa shape index (κ1) is 66.2. The molecule has 0 aliphatic carbocycles. The predicted octanol–water partition coefficient (Wildman–Crippen LogP) is 21.8. The summed E-state index contributed by atoms with van der Waals surface area (Å²) in [4.78, 5) is 43.3. The topological polar surface area (TPSA) is 174 Å². The molecule has 104 heavy (non-hydrogen) atoms. The SMILES string of the molecule is CC1(C)OB(c2cccc3oc(-c4ccccc4)nc23)OC1(C)C.Clc1ccc(-c2nc(-c3ccccc3)nc(-c3ccc(Cl)cc3)n2)cc1.c1ccc(-c2nc(-c3ccc(-c4cccc5oc(-c6ccccc6)nc45)cc3)nc(-c3ccc(-c4cccc5oc(-c6ccccc6)nc45)cc3)n2)cc1. The average Bonchev–Trinajstić information content (AvgIpc) is 1.55. The molecule has 0 unspecified atom stereocenters. The van der Waals surface area contributed by atoms with Crippen molar-refractivity contribution in [2.45, 2.75) is 38.9 Å². The van der Waals surface area contributed by atoms with Gasteiger partial charge in [-0.1, -0.05) is 223 Å². The Morgan fingerprint density at radius 1 is 0.240 bits per heavy atom. The lowest BCUT2D eigenvalue weighted by molar-refractivity contribution is 0.00578. The highest BCUT2D eigenvalue weighted by Crippen LogP contribution is 2.40. The number of rotatable bonds is 12. The first-order chi connectivity index (χ1) is 50.8. The van der Waals surface area contributed by atoms with Gasteiger partial charge >= 0.3 is 7.12 Å². The normalized spacial score (nSPS) is 13.0. The second kappa shape index (κ2) is 28.6. The van der Waals surface area contributed by atoms with Gasteiger partial charge in [0.25, 0.3) is 0 Å². The van der Waals surface area contributed by atoms with Gasteiger partial charge in [-0.05, 0) is 142 Å². The molecule has 5 aromatic heterocycles. The third kappa shape index (κ3) is 14.0. The maximum absolute atomic E-state index is 6.17.